The van der Waals surface area contributed by atoms with E-state index in [1.54, 1.807) is 0 Å². The van der Waals surface area contributed by atoms with Crippen LogP contribution in [-0.4, -0.2) is 48.8 Å². The van der Waals surface area contributed by atoms with Gasteiger partial charge in [-0.1, -0.05) is 0 Å². The molecule has 0 aliphatic carbocycles. The summed E-state index contributed by atoms with van der Waals surface area (Å²) < 4.78 is 7.43. The highest BCUT2D eigenvalue weighted by Gasteiger charge is 2.07. The molecule has 1 heterocycles. The maximum Gasteiger partial charge on any atom is 0.194 e. The molecule has 0 saturated heterocycles. The minimum absolute atomic E-state index is 0. The van der Waals surface area contributed by atoms with Gasteiger partial charge in [-0.05, 0) is 26.0 Å². The fourth-order valence-electron chi connectivity index (χ4n) is 1.81. The Morgan fingerprint density at radius 3 is 2.75 bits per heavy atom. The number of aliphatic imine (C=N–C) groups is 1. The van der Waals surface area contributed by atoms with Gasteiger partial charge in [0.2, 0.25) is 0 Å². The number of ether oxygens (including phenoxy) is 1. The SMILES string of the molecule is CCNC(=NCCOCC)N(C)Cc1cccn1C.I. The van der Waals surface area contributed by atoms with Gasteiger partial charge in [0.15, 0.2) is 5.96 Å². The molecule has 0 aliphatic heterocycles. The Labute approximate surface area is 139 Å². The molecule has 6 heteroatoms. The predicted molar refractivity (Wildman–Crippen MR) is 94.8 cm³/mol. The third kappa shape index (κ3) is 6.60. The lowest BCUT2D eigenvalue weighted by Crippen LogP contribution is -2.39. The van der Waals surface area contributed by atoms with Crippen molar-refractivity contribution in [2.75, 3.05) is 33.4 Å². The van der Waals surface area contributed by atoms with E-state index >= 15 is 0 Å². The molecule has 5 nitrogen and oxygen atoms in total. The van der Waals surface area contributed by atoms with Gasteiger partial charge >= 0.3 is 0 Å². The van der Waals surface area contributed by atoms with Crippen molar-refractivity contribution in [3.8, 4) is 0 Å². The summed E-state index contributed by atoms with van der Waals surface area (Å²) in [5.74, 6) is 0.920. The van der Waals surface area contributed by atoms with E-state index in [-0.39, 0.29) is 24.0 Å². The summed E-state index contributed by atoms with van der Waals surface area (Å²) in [6.45, 7) is 7.88. The fraction of sp³-hybridized carbons (Fsp3) is 0.643. The van der Waals surface area contributed by atoms with E-state index in [2.05, 4.69) is 59.1 Å². The third-order valence-electron chi connectivity index (χ3n) is 2.85. The second kappa shape index (κ2) is 11.0. The first-order chi connectivity index (χ1) is 9.19. The lowest BCUT2D eigenvalue weighted by molar-refractivity contribution is 0.155. The Balaban J connectivity index is 0.00000361. The van der Waals surface area contributed by atoms with E-state index in [0.717, 1.165) is 25.7 Å². The monoisotopic (exact) mass is 394 g/mol. The van der Waals surface area contributed by atoms with Crippen LogP contribution in [0.1, 0.15) is 19.5 Å². The van der Waals surface area contributed by atoms with Crippen molar-refractivity contribution in [2.45, 2.75) is 20.4 Å². The Kier molecular flexibility index (Phi) is 10.5. The Hall–Kier alpha value is -0.760. The van der Waals surface area contributed by atoms with Crippen molar-refractivity contribution < 1.29 is 4.74 Å². The van der Waals surface area contributed by atoms with Crippen LogP contribution >= 0.6 is 24.0 Å². The summed E-state index contributed by atoms with van der Waals surface area (Å²) in [7, 11) is 4.11. The van der Waals surface area contributed by atoms with E-state index in [4.69, 9.17) is 4.74 Å². The van der Waals surface area contributed by atoms with Gasteiger partial charge in [-0.2, -0.15) is 0 Å². The van der Waals surface area contributed by atoms with Crippen molar-refractivity contribution in [1.29, 1.82) is 0 Å². The summed E-state index contributed by atoms with van der Waals surface area (Å²) >= 11 is 0. The van der Waals surface area contributed by atoms with Crippen LogP contribution in [0.4, 0.5) is 0 Å². The Morgan fingerprint density at radius 1 is 1.45 bits per heavy atom. The van der Waals surface area contributed by atoms with Gasteiger partial charge in [-0.25, -0.2) is 0 Å². The summed E-state index contributed by atoms with van der Waals surface area (Å²) in [6.07, 6.45) is 2.06. The second-order valence-corrected chi connectivity index (χ2v) is 4.40. The maximum atomic E-state index is 5.31. The summed E-state index contributed by atoms with van der Waals surface area (Å²) in [4.78, 5) is 6.69. The van der Waals surface area contributed by atoms with Crippen molar-refractivity contribution in [2.24, 2.45) is 12.0 Å². The van der Waals surface area contributed by atoms with Crippen LogP contribution in [0.2, 0.25) is 0 Å². The zero-order chi connectivity index (χ0) is 14.1. The molecule has 1 rings (SSSR count). The maximum absolute atomic E-state index is 5.31. The molecule has 20 heavy (non-hydrogen) atoms. The summed E-state index contributed by atoms with van der Waals surface area (Å²) in [5.41, 5.74) is 1.26. The van der Waals surface area contributed by atoms with Crippen LogP contribution < -0.4 is 5.32 Å². The molecule has 0 spiro atoms. The largest absolute Gasteiger partial charge is 0.380 e. The average Bonchev–Trinajstić information content (AvgIpc) is 2.79. The number of halogens is 1. The molecule has 0 aliphatic rings. The molecule has 0 radical (unpaired) electrons. The van der Waals surface area contributed by atoms with Gasteiger partial charge in [0.05, 0.1) is 19.7 Å². The molecule has 0 unspecified atom stereocenters. The fourth-order valence-corrected chi connectivity index (χ4v) is 1.81. The summed E-state index contributed by atoms with van der Waals surface area (Å²) in [6, 6.07) is 4.18. The van der Waals surface area contributed by atoms with Gasteiger partial charge < -0.3 is 19.5 Å². The average molecular weight is 394 g/mol. The second-order valence-electron chi connectivity index (χ2n) is 4.40. The highest BCUT2D eigenvalue weighted by Crippen LogP contribution is 2.03. The van der Waals surface area contributed by atoms with Crippen LogP contribution in [0.25, 0.3) is 0 Å². The van der Waals surface area contributed by atoms with Crippen LogP contribution in [0, 0.1) is 0 Å². The van der Waals surface area contributed by atoms with Gasteiger partial charge in [0.25, 0.3) is 0 Å². The van der Waals surface area contributed by atoms with E-state index in [9.17, 15) is 0 Å². The number of hydrogen-bond donors (Lipinski definition) is 1. The zero-order valence-electron chi connectivity index (χ0n) is 12.9. The first-order valence-electron chi connectivity index (χ1n) is 6.86. The lowest BCUT2D eigenvalue weighted by Gasteiger charge is -2.22. The molecule has 116 valence electrons. The molecular formula is C14H27IN4O. The number of nitrogens with zero attached hydrogens (tertiary/aromatic N) is 3. The number of nitrogens with one attached hydrogen (secondary N) is 1. The smallest absolute Gasteiger partial charge is 0.194 e. The van der Waals surface area contributed by atoms with Crippen LogP contribution in [0.3, 0.4) is 0 Å². The van der Waals surface area contributed by atoms with Crippen LogP contribution in [0.5, 0.6) is 0 Å². The lowest BCUT2D eigenvalue weighted by atomic mass is 10.4. The normalized spacial score (nSPS) is 11.1. The van der Waals surface area contributed by atoms with Crippen molar-refractivity contribution in [3.05, 3.63) is 24.0 Å². The molecular weight excluding hydrogens is 367 g/mol. The van der Waals surface area contributed by atoms with E-state index in [1.165, 1.54) is 5.69 Å². The number of aryl methyl sites for hydroxylation is 1. The molecule has 0 bridgehead atoms. The van der Waals surface area contributed by atoms with E-state index < -0.39 is 0 Å². The van der Waals surface area contributed by atoms with Crippen molar-refractivity contribution in [3.63, 3.8) is 0 Å². The van der Waals surface area contributed by atoms with Crippen molar-refractivity contribution >= 4 is 29.9 Å². The number of hydrogen-bond acceptors (Lipinski definition) is 2. The van der Waals surface area contributed by atoms with Gasteiger partial charge in [0.1, 0.15) is 0 Å². The van der Waals surface area contributed by atoms with Crippen LogP contribution in [-0.2, 0) is 18.3 Å². The molecule has 1 N–H and O–H groups in total. The highest BCUT2D eigenvalue weighted by atomic mass is 127. The van der Waals surface area contributed by atoms with Crippen molar-refractivity contribution in [1.82, 2.24) is 14.8 Å². The van der Waals surface area contributed by atoms with Crippen LogP contribution in [0.15, 0.2) is 23.3 Å². The van der Waals surface area contributed by atoms with Gasteiger partial charge in [-0.3, -0.25) is 4.99 Å². The first kappa shape index (κ1) is 19.2. The molecule has 1 aromatic heterocycles. The third-order valence-corrected chi connectivity index (χ3v) is 2.85. The number of rotatable bonds is 7. The highest BCUT2D eigenvalue weighted by molar-refractivity contribution is 14.0. The quantitative estimate of drug-likeness (QED) is 0.333. The Morgan fingerprint density at radius 2 is 2.20 bits per heavy atom. The van der Waals surface area contributed by atoms with E-state index in [1.807, 2.05) is 6.92 Å². The molecule has 0 aromatic carbocycles. The van der Waals surface area contributed by atoms with E-state index in [0.29, 0.717) is 13.2 Å². The minimum Gasteiger partial charge on any atom is -0.380 e. The van der Waals surface area contributed by atoms with Gasteiger partial charge in [0, 0.05) is 39.1 Å². The molecule has 0 amide bonds. The summed E-state index contributed by atoms with van der Waals surface area (Å²) in [5, 5.41) is 3.30. The zero-order valence-corrected chi connectivity index (χ0v) is 15.3. The minimum atomic E-state index is 0. The first-order valence-corrected chi connectivity index (χ1v) is 6.86. The molecule has 1 aromatic rings. The molecule has 0 fully saturated rings. The topological polar surface area (TPSA) is 41.8 Å². The number of aromatic nitrogens is 1. The molecule has 0 atom stereocenters. The number of guanidine groups is 1. The van der Waals surface area contributed by atoms with Gasteiger partial charge in [-0.15, -0.1) is 24.0 Å². The standard InChI is InChI=1S/C14H26N4O.HI/c1-5-15-14(16-9-11-19-6-2)18(4)12-13-8-7-10-17(13)3;/h7-8,10H,5-6,9,11-12H2,1-4H3,(H,15,16);1H. The predicted octanol–water partition coefficient (Wildman–Crippen LogP) is 2.08. The molecule has 0 saturated carbocycles. The Bertz CT molecular complexity index is 392.